The Hall–Kier alpha value is -0.300. The fraction of sp³-hybridized carbons (Fsp3) is 0.500. The SMILES string of the molecule is C=C[C@H]1CN1. The van der Waals surface area contributed by atoms with Crippen LogP contribution >= 0.6 is 0 Å². The molecule has 0 aliphatic carbocycles. The molecular formula is C4H7N. The largest absolute Gasteiger partial charge is 0.307 e. The van der Waals surface area contributed by atoms with Gasteiger partial charge in [-0.3, -0.25) is 0 Å². The van der Waals surface area contributed by atoms with Crippen molar-refractivity contribution < 1.29 is 0 Å². The maximum absolute atomic E-state index is 3.56. The molecule has 1 aliphatic heterocycles. The first-order valence-corrected chi connectivity index (χ1v) is 1.79. The Morgan fingerprint density at radius 2 is 2.60 bits per heavy atom. The molecule has 0 radical (unpaired) electrons. The second-order valence-corrected chi connectivity index (χ2v) is 1.25. The molecule has 1 rings (SSSR count). The fourth-order valence-electron chi connectivity index (χ4n) is 0.235. The standard InChI is InChI=1S/C4H7N/c1-2-4-3-5-4/h2,4-5H,1,3H2/t4-/m0/s1. The molecule has 0 amide bonds. The molecule has 1 fully saturated rings. The van der Waals surface area contributed by atoms with E-state index in [-0.39, 0.29) is 0 Å². The first-order valence-electron chi connectivity index (χ1n) is 1.79. The van der Waals surface area contributed by atoms with Gasteiger partial charge in [-0.2, -0.15) is 0 Å². The van der Waals surface area contributed by atoms with Gasteiger partial charge in [-0.15, -0.1) is 6.58 Å². The number of nitrogens with one attached hydrogen (secondary N) is 1. The Balaban J connectivity index is 2.21. The lowest BCUT2D eigenvalue weighted by molar-refractivity contribution is 1.21. The summed E-state index contributed by atoms with van der Waals surface area (Å²) in [6.07, 6.45) is 1.92. The van der Waals surface area contributed by atoms with E-state index in [9.17, 15) is 0 Å². The predicted octanol–water partition coefficient (Wildman–Crippen LogP) is 0.144. The summed E-state index contributed by atoms with van der Waals surface area (Å²) in [5.41, 5.74) is 0. The van der Waals surface area contributed by atoms with Crippen molar-refractivity contribution in [1.29, 1.82) is 0 Å². The van der Waals surface area contributed by atoms with E-state index >= 15 is 0 Å². The summed E-state index contributed by atoms with van der Waals surface area (Å²) in [5.74, 6) is 0. The van der Waals surface area contributed by atoms with Crippen molar-refractivity contribution in [3.05, 3.63) is 12.7 Å². The summed E-state index contributed by atoms with van der Waals surface area (Å²) in [5, 5.41) is 3.07. The summed E-state index contributed by atoms with van der Waals surface area (Å²) in [6.45, 7) is 4.70. The Kier molecular flexibility index (Phi) is 0.484. The summed E-state index contributed by atoms with van der Waals surface area (Å²) >= 11 is 0. The van der Waals surface area contributed by atoms with E-state index in [0.717, 1.165) is 6.54 Å². The molecule has 0 aromatic carbocycles. The van der Waals surface area contributed by atoms with Crippen molar-refractivity contribution in [3.8, 4) is 0 Å². The number of hydrogen-bond donors (Lipinski definition) is 1. The third-order valence-electron chi connectivity index (χ3n) is 0.724. The van der Waals surface area contributed by atoms with Crippen molar-refractivity contribution >= 4 is 0 Å². The summed E-state index contributed by atoms with van der Waals surface area (Å²) in [4.78, 5) is 0. The van der Waals surface area contributed by atoms with Crippen LogP contribution in [0.1, 0.15) is 0 Å². The van der Waals surface area contributed by atoms with Crippen LogP contribution in [0.25, 0.3) is 0 Å². The van der Waals surface area contributed by atoms with Crippen LogP contribution in [0, 0.1) is 0 Å². The van der Waals surface area contributed by atoms with Crippen LogP contribution in [0.5, 0.6) is 0 Å². The van der Waals surface area contributed by atoms with Gasteiger partial charge in [0.2, 0.25) is 0 Å². The van der Waals surface area contributed by atoms with Crippen LogP contribution in [-0.2, 0) is 0 Å². The van der Waals surface area contributed by atoms with Crippen molar-refractivity contribution in [1.82, 2.24) is 5.32 Å². The Morgan fingerprint density at radius 1 is 2.00 bits per heavy atom. The van der Waals surface area contributed by atoms with Crippen LogP contribution in [0.4, 0.5) is 0 Å². The lowest BCUT2D eigenvalue weighted by Gasteiger charge is -1.62. The maximum Gasteiger partial charge on any atom is 0.0374 e. The zero-order chi connectivity index (χ0) is 3.70. The van der Waals surface area contributed by atoms with Gasteiger partial charge >= 0.3 is 0 Å². The van der Waals surface area contributed by atoms with Crippen molar-refractivity contribution in [3.63, 3.8) is 0 Å². The highest BCUT2D eigenvalue weighted by atomic mass is 15.1. The molecule has 0 bridgehead atoms. The summed E-state index contributed by atoms with van der Waals surface area (Å²) < 4.78 is 0. The Bertz CT molecular complexity index is 45.6. The normalized spacial score (nSPS) is 33.2. The quantitative estimate of drug-likeness (QED) is 0.343. The highest BCUT2D eigenvalue weighted by molar-refractivity contribution is 4.97. The maximum atomic E-state index is 3.56. The molecule has 1 atom stereocenters. The molecule has 0 aromatic rings. The van der Waals surface area contributed by atoms with Gasteiger partial charge in [0.25, 0.3) is 0 Å². The van der Waals surface area contributed by atoms with E-state index < -0.39 is 0 Å². The van der Waals surface area contributed by atoms with Crippen molar-refractivity contribution in [2.75, 3.05) is 6.54 Å². The zero-order valence-electron chi connectivity index (χ0n) is 3.07. The predicted molar refractivity (Wildman–Crippen MR) is 22.0 cm³/mol. The molecule has 0 spiro atoms. The van der Waals surface area contributed by atoms with Crippen LogP contribution in [0.3, 0.4) is 0 Å². The van der Waals surface area contributed by atoms with Gasteiger partial charge in [-0.05, 0) is 0 Å². The van der Waals surface area contributed by atoms with Gasteiger partial charge < -0.3 is 5.32 Å². The molecule has 1 saturated heterocycles. The molecule has 0 aromatic heterocycles. The van der Waals surface area contributed by atoms with Crippen LogP contribution in [0.15, 0.2) is 12.7 Å². The highest BCUT2D eigenvalue weighted by Crippen LogP contribution is 1.93. The van der Waals surface area contributed by atoms with E-state index in [1.54, 1.807) is 0 Å². The van der Waals surface area contributed by atoms with Crippen LogP contribution in [0.2, 0.25) is 0 Å². The first-order chi connectivity index (χ1) is 2.43. The van der Waals surface area contributed by atoms with Gasteiger partial charge in [-0.25, -0.2) is 0 Å². The van der Waals surface area contributed by atoms with Gasteiger partial charge in [0.15, 0.2) is 0 Å². The molecule has 1 heterocycles. The molecule has 1 heteroatoms. The third-order valence-corrected chi connectivity index (χ3v) is 0.724. The van der Waals surface area contributed by atoms with Crippen molar-refractivity contribution in [2.24, 2.45) is 0 Å². The molecule has 0 unspecified atom stereocenters. The van der Waals surface area contributed by atoms with Gasteiger partial charge in [0, 0.05) is 12.6 Å². The number of rotatable bonds is 1. The number of hydrogen-bond acceptors (Lipinski definition) is 1. The highest BCUT2D eigenvalue weighted by Gasteiger charge is 2.13. The Labute approximate surface area is 31.7 Å². The second kappa shape index (κ2) is 0.830. The average Bonchev–Trinajstić information content (AvgIpc) is 2.12. The topological polar surface area (TPSA) is 21.9 Å². The molecule has 5 heavy (non-hydrogen) atoms. The lowest BCUT2D eigenvalue weighted by atomic mass is 10.5. The van der Waals surface area contributed by atoms with Crippen LogP contribution < -0.4 is 5.32 Å². The molecule has 28 valence electrons. The molecule has 1 nitrogen and oxygen atoms in total. The van der Waals surface area contributed by atoms with E-state index in [0.29, 0.717) is 6.04 Å². The lowest BCUT2D eigenvalue weighted by Crippen LogP contribution is -1.76. The monoisotopic (exact) mass is 69.1 g/mol. The molecule has 1 N–H and O–H groups in total. The van der Waals surface area contributed by atoms with E-state index in [2.05, 4.69) is 11.9 Å². The summed E-state index contributed by atoms with van der Waals surface area (Å²) in [7, 11) is 0. The second-order valence-electron chi connectivity index (χ2n) is 1.25. The first kappa shape index (κ1) is 2.91. The van der Waals surface area contributed by atoms with Crippen LogP contribution in [-0.4, -0.2) is 12.6 Å². The average molecular weight is 69.1 g/mol. The Morgan fingerprint density at radius 3 is 2.60 bits per heavy atom. The summed E-state index contributed by atoms with van der Waals surface area (Å²) in [6, 6.07) is 0.648. The van der Waals surface area contributed by atoms with Gasteiger partial charge in [0.1, 0.15) is 0 Å². The minimum Gasteiger partial charge on any atom is -0.307 e. The minimum atomic E-state index is 0.648. The minimum absolute atomic E-state index is 0.648. The zero-order valence-corrected chi connectivity index (χ0v) is 3.07. The van der Waals surface area contributed by atoms with Gasteiger partial charge in [0.05, 0.1) is 0 Å². The molecule has 0 saturated carbocycles. The molecular weight excluding hydrogens is 62.1 g/mol. The van der Waals surface area contributed by atoms with Gasteiger partial charge in [-0.1, -0.05) is 6.08 Å². The molecule has 1 aliphatic rings. The fourth-order valence-corrected chi connectivity index (χ4v) is 0.235. The van der Waals surface area contributed by atoms with E-state index in [1.165, 1.54) is 0 Å². The smallest absolute Gasteiger partial charge is 0.0374 e. The third kappa shape index (κ3) is 0.484. The van der Waals surface area contributed by atoms with Crippen molar-refractivity contribution in [2.45, 2.75) is 6.04 Å². The van der Waals surface area contributed by atoms with E-state index in [1.807, 2.05) is 6.08 Å². The van der Waals surface area contributed by atoms with E-state index in [4.69, 9.17) is 0 Å².